The molecule has 0 fully saturated rings. The Morgan fingerprint density at radius 1 is 1.26 bits per heavy atom. The molecule has 0 heterocycles. The second-order valence-corrected chi connectivity index (χ2v) is 4.65. The smallest absolute Gasteiger partial charge is 0.144 e. The monoisotopic (exact) mass is 319 g/mol. The number of ether oxygens (including phenoxy) is 1. The first-order valence-corrected chi connectivity index (χ1v) is 6.79. The molecule has 2 aromatic carbocycles. The van der Waals surface area contributed by atoms with Crippen molar-refractivity contribution in [3.8, 4) is 17.6 Å². The van der Waals surface area contributed by atoms with E-state index in [1.807, 2.05) is 25.1 Å². The Kier molecular flexibility index (Phi) is 4.18. The Bertz CT molecular complexity index is 649. The van der Waals surface area contributed by atoms with E-state index in [0.29, 0.717) is 11.5 Å². The van der Waals surface area contributed by atoms with E-state index in [0.717, 1.165) is 16.5 Å². The Hall–Kier alpha value is -1.86. The minimum Gasteiger partial charge on any atom is -0.457 e. The summed E-state index contributed by atoms with van der Waals surface area (Å²) in [5, 5.41) is 9.44. The molecule has 0 saturated heterocycles. The van der Waals surface area contributed by atoms with Gasteiger partial charge in [0.1, 0.15) is 23.4 Å². The molecule has 2 nitrogen and oxygen atoms in total. The maximum Gasteiger partial charge on any atom is 0.144 e. The van der Waals surface area contributed by atoms with Crippen molar-refractivity contribution in [3.63, 3.8) is 0 Å². The van der Waals surface area contributed by atoms with Crippen molar-refractivity contribution in [2.45, 2.75) is 12.3 Å². The van der Waals surface area contributed by atoms with Gasteiger partial charge in [-0.2, -0.15) is 5.26 Å². The van der Waals surface area contributed by atoms with Gasteiger partial charge < -0.3 is 4.74 Å². The van der Waals surface area contributed by atoms with E-state index < -0.39 is 5.82 Å². The van der Waals surface area contributed by atoms with Gasteiger partial charge in [-0.05, 0) is 36.2 Å². The largest absolute Gasteiger partial charge is 0.457 e. The number of hydrogen-bond donors (Lipinski definition) is 0. The lowest BCUT2D eigenvalue weighted by molar-refractivity contribution is 0.473. The van der Waals surface area contributed by atoms with Crippen LogP contribution in [0.4, 0.5) is 4.39 Å². The van der Waals surface area contributed by atoms with E-state index >= 15 is 0 Å². The lowest BCUT2D eigenvalue weighted by Gasteiger charge is -2.10. The van der Waals surface area contributed by atoms with Gasteiger partial charge >= 0.3 is 0 Å². The maximum atomic E-state index is 13.5. The SMILES string of the molecule is Cc1cc(CBr)ccc1Oc1ccc(C#N)c(F)c1. The van der Waals surface area contributed by atoms with Gasteiger partial charge in [0.2, 0.25) is 0 Å². The van der Waals surface area contributed by atoms with Crippen molar-refractivity contribution in [3.05, 3.63) is 58.9 Å². The molecular formula is C15H11BrFNO. The van der Waals surface area contributed by atoms with Crippen molar-refractivity contribution in [1.82, 2.24) is 0 Å². The van der Waals surface area contributed by atoms with Gasteiger partial charge in [-0.15, -0.1) is 0 Å². The van der Waals surface area contributed by atoms with Crippen LogP contribution in [0.25, 0.3) is 0 Å². The second-order valence-electron chi connectivity index (χ2n) is 4.09. The highest BCUT2D eigenvalue weighted by atomic mass is 79.9. The van der Waals surface area contributed by atoms with Crippen molar-refractivity contribution in [2.24, 2.45) is 0 Å². The molecule has 0 unspecified atom stereocenters. The molecule has 0 aliphatic heterocycles. The van der Waals surface area contributed by atoms with Gasteiger partial charge in [-0.3, -0.25) is 0 Å². The lowest BCUT2D eigenvalue weighted by atomic mass is 10.1. The average Bonchev–Trinajstić information content (AvgIpc) is 2.41. The van der Waals surface area contributed by atoms with E-state index in [-0.39, 0.29) is 5.56 Å². The summed E-state index contributed by atoms with van der Waals surface area (Å²) in [4.78, 5) is 0. The van der Waals surface area contributed by atoms with Gasteiger partial charge in [-0.1, -0.05) is 28.1 Å². The van der Waals surface area contributed by atoms with Crippen LogP contribution in [0.1, 0.15) is 16.7 Å². The fourth-order valence-corrected chi connectivity index (χ4v) is 2.03. The molecule has 0 atom stereocenters. The minimum absolute atomic E-state index is 0.0127. The van der Waals surface area contributed by atoms with E-state index in [1.165, 1.54) is 12.1 Å². The standard InChI is InChI=1S/C15H11BrFNO/c1-10-6-11(8-16)2-5-15(10)19-13-4-3-12(9-18)14(17)7-13/h2-7H,8H2,1H3. The molecule has 0 aliphatic rings. The Morgan fingerprint density at radius 2 is 2.05 bits per heavy atom. The summed E-state index contributed by atoms with van der Waals surface area (Å²) in [6.07, 6.45) is 0. The number of nitrogens with zero attached hydrogens (tertiary/aromatic N) is 1. The van der Waals surface area contributed by atoms with Crippen LogP contribution in [0.15, 0.2) is 36.4 Å². The third-order valence-corrected chi connectivity index (χ3v) is 3.33. The number of alkyl halides is 1. The fourth-order valence-electron chi connectivity index (χ4n) is 1.69. The Morgan fingerprint density at radius 3 is 2.63 bits per heavy atom. The molecule has 2 aromatic rings. The minimum atomic E-state index is -0.574. The summed E-state index contributed by atoms with van der Waals surface area (Å²) in [6.45, 7) is 1.93. The van der Waals surface area contributed by atoms with Gasteiger partial charge in [0, 0.05) is 11.4 Å². The van der Waals surface area contributed by atoms with Crippen LogP contribution in [0, 0.1) is 24.1 Å². The van der Waals surface area contributed by atoms with Crippen LogP contribution in [-0.2, 0) is 5.33 Å². The first-order chi connectivity index (χ1) is 9.13. The number of benzene rings is 2. The molecule has 0 spiro atoms. The van der Waals surface area contributed by atoms with Crippen molar-refractivity contribution in [1.29, 1.82) is 5.26 Å². The number of nitriles is 1. The quantitative estimate of drug-likeness (QED) is 0.769. The molecule has 0 aliphatic carbocycles. The van der Waals surface area contributed by atoms with Crippen LogP contribution < -0.4 is 4.74 Å². The molecule has 0 saturated carbocycles. The number of aryl methyl sites for hydroxylation is 1. The van der Waals surface area contributed by atoms with E-state index in [1.54, 1.807) is 12.1 Å². The summed E-state index contributed by atoms with van der Waals surface area (Å²) in [5.74, 6) is 0.481. The zero-order valence-electron chi connectivity index (χ0n) is 10.3. The molecular weight excluding hydrogens is 309 g/mol. The van der Waals surface area contributed by atoms with Crippen molar-refractivity contribution < 1.29 is 9.13 Å². The number of hydrogen-bond acceptors (Lipinski definition) is 2. The summed E-state index contributed by atoms with van der Waals surface area (Å²) < 4.78 is 19.1. The number of halogens is 2. The second kappa shape index (κ2) is 5.85. The van der Waals surface area contributed by atoms with Gasteiger partial charge in [0.05, 0.1) is 5.56 Å². The predicted molar refractivity (Wildman–Crippen MR) is 75.0 cm³/mol. The molecule has 19 heavy (non-hydrogen) atoms. The number of rotatable bonds is 3. The van der Waals surface area contributed by atoms with E-state index in [4.69, 9.17) is 10.00 Å². The van der Waals surface area contributed by atoms with Gasteiger partial charge in [0.25, 0.3) is 0 Å². The predicted octanol–water partition coefficient (Wildman–Crippen LogP) is 4.69. The molecule has 0 N–H and O–H groups in total. The highest BCUT2D eigenvalue weighted by Crippen LogP contribution is 2.27. The average molecular weight is 320 g/mol. The molecule has 0 radical (unpaired) electrons. The molecule has 2 rings (SSSR count). The van der Waals surface area contributed by atoms with Crippen LogP contribution in [0.5, 0.6) is 11.5 Å². The molecule has 96 valence electrons. The lowest BCUT2D eigenvalue weighted by Crippen LogP contribution is -1.91. The molecule has 0 amide bonds. The highest BCUT2D eigenvalue weighted by Gasteiger charge is 2.06. The van der Waals surface area contributed by atoms with Gasteiger partial charge in [0.15, 0.2) is 0 Å². The molecule has 0 bridgehead atoms. The summed E-state index contributed by atoms with van der Waals surface area (Å²) >= 11 is 3.39. The first-order valence-electron chi connectivity index (χ1n) is 5.67. The maximum absolute atomic E-state index is 13.5. The normalized spacial score (nSPS) is 10.0. The zero-order valence-corrected chi connectivity index (χ0v) is 11.9. The van der Waals surface area contributed by atoms with Gasteiger partial charge in [-0.25, -0.2) is 4.39 Å². The zero-order chi connectivity index (χ0) is 13.8. The Labute approximate surface area is 119 Å². The summed E-state index contributed by atoms with van der Waals surface area (Å²) in [5.41, 5.74) is 2.14. The molecule has 4 heteroatoms. The van der Waals surface area contributed by atoms with E-state index in [2.05, 4.69) is 15.9 Å². The molecule has 0 aromatic heterocycles. The third kappa shape index (κ3) is 3.12. The first kappa shape index (κ1) is 13.6. The van der Waals surface area contributed by atoms with Crippen LogP contribution in [0.3, 0.4) is 0 Å². The van der Waals surface area contributed by atoms with Crippen LogP contribution >= 0.6 is 15.9 Å². The highest BCUT2D eigenvalue weighted by molar-refractivity contribution is 9.08. The van der Waals surface area contributed by atoms with Crippen molar-refractivity contribution >= 4 is 15.9 Å². The summed E-state index contributed by atoms with van der Waals surface area (Å²) in [7, 11) is 0. The van der Waals surface area contributed by atoms with Crippen molar-refractivity contribution in [2.75, 3.05) is 0 Å². The van der Waals surface area contributed by atoms with Crippen LogP contribution in [-0.4, -0.2) is 0 Å². The summed E-state index contributed by atoms with van der Waals surface area (Å²) in [6, 6.07) is 11.8. The fraction of sp³-hybridized carbons (Fsp3) is 0.133. The van der Waals surface area contributed by atoms with E-state index in [9.17, 15) is 4.39 Å². The Balaban J connectivity index is 2.26. The van der Waals surface area contributed by atoms with Crippen LogP contribution in [0.2, 0.25) is 0 Å². The topological polar surface area (TPSA) is 33.0 Å². The third-order valence-electron chi connectivity index (χ3n) is 2.68.